The Morgan fingerprint density at radius 3 is 2.87 bits per heavy atom. The lowest BCUT2D eigenvalue weighted by Gasteiger charge is -2.23. The fraction of sp³-hybridized carbons (Fsp3) is 0.778. The number of hydrogen-bond acceptors (Lipinski definition) is 4. The molecule has 2 atom stereocenters. The molecule has 2 saturated heterocycles. The third-order valence-electron chi connectivity index (χ3n) is 2.86. The smallest absolute Gasteiger partial charge is 0.327 e. The van der Waals surface area contributed by atoms with Crippen LogP contribution in [0, 0.1) is 5.92 Å². The number of carboxylic acids is 1. The van der Waals surface area contributed by atoms with Crippen LogP contribution in [0.2, 0.25) is 0 Å². The molecule has 0 aromatic rings. The average Bonchev–Trinajstić information content (AvgIpc) is 2.88. The highest BCUT2D eigenvalue weighted by atomic mass is 32.2. The molecular formula is C9H14N2O3S. The van der Waals surface area contributed by atoms with E-state index in [1.807, 2.05) is 0 Å². The third kappa shape index (κ3) is 2.10. The SMILES string of the molecule is O=C(O)[C@@H]1CSCN1C(=O)C1CCNC1. The Labute approximate surface area is 92.2 Å². The summed E-state index contributed by atoms with van der Waals surface area (Å²) in [5, 5.41) is 12.1. The van der Waals surface area contributed by atoms with E-state index in [0.29, 0.717) is 18.2 Å². The number of thioether (sulfide) groups is 1. The van der Waals surface area contributed by atoms with Crippen LogP contribution < -0.4 is 5.32 Å². The summed E-state index contributed by atoms with van der Waals surface area (Å²) in [6, 6.07) is -0.622. The first-order chi connectivity index (χ1) is 7.20. The first-order valence-electron chi connectivity index (χ1n) is 5.02. The van der Waals surface area contributed by atoms with Crippen LogP contribution in [-0.2, 0) is 9.59 Å². The molecule has 15 heavy (non-hydrogen) atoms. The van der Waals surface area contributed by atoms with Crippen LogP contribution in [0.15, 0.2) is 0 Å². The maximum absolute atomic E-state index is 12.0. The van der Waals surface area contributed by atoms with E-state index in [0.717, 1.165) is 13.0 Å². The number of hydrogen-bond donors (Lipinski definition) is 2. The van der Waals surface area contributed by atoms with Crippen molar-refractivity contribution in [2.45, 2.75) is 12.5 Å². The summed E-state index contributed by atoms with van der Waals surface area (Å²) >= 11 is 1.51. The molecule has 1 amide bonds. The molecule has 0 bridgehead atoms. The second-order valence-corrected chi connectivity index (χ2v) is 4.85. The van der Waals surface area contributed by atoms with E-state index in [1.54, 1.807) is 0 Å². The Balaban J connectivity index is 2.02. The predicted octanol–water partition coefficient (Wildman–Crippen LogP) is -0.418. The predicted molar refractivity (Wildman–Crippen MR) is 56.6 cm³/mol. The van der Waals surface area contributed by atoms with E-state index in [4.69, 9.17) is 5.11 Å². The number of amides is 1. The Morgan fingerprint density at radius 2 is 2.27 bits per heavy atom. The average molecular weight is 230 g/mol. The molecule has 1 unspecified atom stereocenters. The zero-order valence-electron chi connectivity index (χ0n) is 8.31. The second-order valence-electron chi connectivity index (χ2n) is 3.85. The van der Waals surface area contributed by atoms with E-state index < -0.39 is 12.0 Å². The van der Waals surface area contributed by atoms with Crippen LogP contribution in [0.1, 0.15) is 6.42 Å². The van der Waals surface area contributed by atoms with Gasteiger partial charge in [-0.15, -0.1) is 11.8 Å². The monoisotopic (exact) mass is 230 g/mol. The van der Waals surface area contributed by atoms with E-state index in [-0.39, 0.29) is 11.8 Å². The van der Waals surface area contributed by atoms with E-state index >= 15 is 0 Å². The number of nitrogens with zero attached hydrogens (tertiary/aromatic N) is 1. The van der Waals surface area contributed by atoms with E-state index in [1.165, 1.54) is 16.7 Å². The van der Waals surface area contributed by atoms with Gasteiger partial charge in [0, 0.05) is 12.3 Å². The first kappa shape index (κ1) is 10.8. The molecule has 6 heteroatoms. The number of rotatable bonds is 2. The minimum atomic E-state index is -0.890. The largest absolute Gasteiger partial charge is 0.480 e. The molecule has 84 valence electrons. The van der Waals surface area contributed by atoms with Gasteiger partial charge in [-0.05, 0) is 13.0 Å². The van der Waals surface area contributed by atoms with Crippen LogP contribution in [0.25, 0.3) is 0 Å². The Bertz CT molecular complexity index is 279. The maximum atomic E-state index is 12.0. The van der Waals surface area contributed by atoms with Gasteiger partial charge in [0.25, 0.3) is 0 Å². The summed E-state index contributed by atoms with van der Waals surface area (Å²) in [6.45, 7) is 1.54. The molecule has 5 nitrogen and oxygen atoms in total. The topological polar surface area (TPSA) is 69.6 Å². The van der Waals surface area contributed by atoms with Gasteiger partial charge in [0.1, 0.15) is 6.04 Å². The van der Waals surface area contributed by atoms with Crippen molar-refractivity contribution in [1.82, 2.24) is 10.2 Å². The first-order valence-corrected chi connectivity index (χ1v) is 6.17. The molecule has 0 saturated carbocycles. The Morgan fingerprint density at radius 1 is 1.47 bits per heavy atom. The molecule has 2 aliphatic rings. The molecule has 0 aromatic heterocycles. The van der Waals surface area contributed by atoms with Gasteiger partial charge < -0.3 is 15.3 Å². The number of aliphatic carboxylic acids is 1. The molecule has 0 aliphatic carbocycles. The Hall–Kier alpha value is -0.750. The molecule has 2 N–H and O–H groups in total. The quantitative estimate of drug-likeness (QED) is 0.674. The van der Waals surface area contributed by atoms with Gasteiger partial charge in [-0.25, -0.2) is 4.79 Å². The van der Waals surface area contributed by atoms with Crippen molar-refractivity contribution in [2.75, 3.05) is 24.7 Å². The van der Waals surface area contributed by atoms with Crippen LogP contribution in [0.5, 0.6) is 0 Å². The van der Waals surface area contributed by atoms with Gasteiger partial charge in [-0.2, -0.15) is 0 Å². The zero-order valence-corrected chi connectivity index (χ0v) is 9.13. The molecule has 0 radical (unpaired) electrons. The summed E-state index contributed by atoms with van der Waals surface area (Å²) in [7, 11) is 0. The molecule has 2 aliphatic heterocycles. The molecule has 2 rings (SSSR count). The lowest BCUT2D eigenvalue weighted by Crippen LogP contribution is -2.45. The van der Waals surface area contributed by atoms with Crippen molar-refractivity contribution < 1.29 is 14.7 Å². The minimum Gasteiger partial charge on any atom is -0.480 e. The number of carbonyl (C=O) groups is 2. The molecule has 0 spiro atoms. The highest BCUT2D eigenvalue weighted by Crippen LogP contribution is 2.24. The summed E-state index contributed by atoms with van der Waals surface area (Å²) in [4.78, 5) is 24.4. The summed E-state index contributed by atoms with van der Waals surface area (Å²) in [6.07, 6.45) is 0.826. The van der Waals surface area contributed by atoms with Crippen LogP contribution in [-0.4, -0.2) is 52.6 Å². The summed E-state index contributed by atoms with van der Waals surface area (Å²) < 4.78 is 0. The standard InChI is InChI=1S/C9H14N2O3S/c12-8(6-1-2-10-3-6)11-5-15-4-7(11)9(13)14/h6-7,10H,1-5H2,(H,13,14)/t6?,7-/m0/s1. The maximum Gasteiger partial charge on any atom is 0.327 e. The van der Waals surface area contributed by atoms with Crippen LogP contribution >= 0.6 is 11.8 Å². The van der Waals surface area contributed by atoms with Gasteiger partial charge in [0.05, 0.1) is 11.8 Å². The van der Waals surface area contributed by atoms with Crippen molar-refractivity contribution in [3.05, 3.63) is 0 Å². The van der Waals surface area contributed by atoms with Crippen LogP contribution in [0.3, 0.4) is 0 Å². The van der Waals surface area contributed by atoms with E-state index in [9.17, 15) is 9.59 Å². The number of carboxylic acid groups (broad SMARTS) is 1. The van der Waals surface area contributed by atoms with Gasteiger partial charge in [-0.3, -0.25) is 4.79 Å². The Kier molecular flexibility index (Phi) is 3.16. The second kappa shape index (κ2) is 4.40. The van der Waals surface area contributed by atoms with E-state index in [2.05, 4.69) is 5.32 Å². The van der Waals surface area contributed by atoms with Gasteiger partial charge in [0.15, 0.2) is 0 Å². The van der Waals surface area contributed by atoms with Gasteiger partial charge >= 0.3 is 5.97 Å². The highest BCUT2D eigenvalue weighted by molar-refractivity contribution is 7.99. The number of carbonyl (C=O) groups excluding carboxylic acids is 1. The van der Waals surface area contributed by atoms with Crippen molar-refractivity contribution in [1.29, 1.82) is 0 Å². The summed E-state index contributed by atoms with van der Waals surface area (Å²) in [5.41, 5.74) is 0. The molecule has 0 aromatic carbocycles. The van der Waals surface area contributed by atoms with Crippen LogP contribution in [0.4, 0.5) is 0 Å². The zero-order chi connectivity index (χ0) is 10.8. The van der Waals surface area contributed by atoms with Crippen molar-refractivity contribution >= 4 is 23.6 Å². The highest BCUT2D eigenvalue weighted by Gasteiger charge is 2.38. The lowest BCUT2D eigenvalue weighted by atomic mass is 10.1. The van der Waals surface area contributed by atoms with Crippen molar-refractivity contribution in [3.8, 4) is 0 Å². The fourth-order valence-corrected chi connectivity index (χ4v) is 3.12. The third-order valence-corrected chi connectivity index (χ3v) is 3.87. The number of nitrogens with one attached hydrogen (secondary N) is 1. The van der Waals surface area contributed by atoms with Crippen molar-refractivity contribution in [2.24, 2.45) is 5.92 Å². The van der Waals surface area contributed by atoms with Gasteiger partial charge in [0.2, 0.25) is 5.91 Å². The normalized spacial score (nSPS) is 30.8. The molecular weight excluding hydrogens is 216 g/mol. The minimum absolute atomic E-state index is 0.00241. The summed E-state index contributed by atoms with van der Waals surface area (Å²) in [5.74, 6) is 0.121. The van der Waals surface area contributed by atoms with Gasteiger partial charge in [-0.1, -0.05) is 0 Å². The fourth-order valence-electron chi connectivity index (χ4n) is 1.96. The van der Waals surface area contributed by atoms with Crippen molar-refractivity contribution in [3.63, 3.8) is 0 Å². The lowest BCUT2D eigenvalue weighted by molar-refractivity contribution is -0.149. The molecule has 2 heterocycles. The molecule has 2 fully saturated rings.